The molecule has 0 saturated heterocycles. The van der Waals surface area contributed by atoms with Crippen LogP contribution in [0, 0.1) is 0 Å². The van der Waals surface area contributed by atoms with Crippen LogP contribution in [-0.4, -0.2) is 41.2 Å². The number of rotatable bonds is 6. The summed E-state index contributed by atoms with van der Waals surface area (Å²) in [6.45, 7) is 0. The zero-order valence-electron chi connectivity index (χ0n) is 14.8. The molecular weight excluding hydrogens is 334 g/mol. The van der Waals surface area contributed by atoms with E-state index in [-0.39, 0.29) is 11.7 Å². The lowest BCUT2D eigenvalue weighted by atomic mass is 9.98. The van der Waals surface area contributed by atoms with Crippen molar-refractivity contribution < 1.29 is 14.6 Å². The molecule has 0 aromatic heterocycles. The lowest BCUT2D eigenvalue weighted by molar-refractivity contribution is -0.130. The molecule has 1 saturated carbocycles. The van der Waals surface area contributed by atoms with Crippen LogP contribution in [0.4, 0.5) is 0 Å². The summed E-state index contributed by atoms with van der Waals surface area (Å²) < 4.78 is 5.96. The number of hydrogen-bond donors (Lipinski definition) is 1. The molecule has 4 nitrogen and oxygen atoms in total. The average Bonchev–Trinajstić information content (AvgIpc) is 2.59. The topological polar surface area (TPSA) is 49.8 Å². The third kappa shape index (κ3) is 5.71. The van der Waals surface area contributed by atoms with Crippen molar-refractivity contribution in [1.29, 1.82) is 0 Å². The van der Waals surface area contributed by atoms with Gasteiger partial charge in [-0.2, -0.15) is 0 Å². The van der Waals surface area contributed by atoms with Gasteiger partial charge in [0.2, 0.25) is 5.05 Å². The molecule has 0 unspecified atom stereocenters. The van der Waals surface area contributed by atoms with Crippen molar-refractivity contribution in [2.45, 2.75) is 38.2 Å². The number of hydrogen-bond acceptors (Lipinski definition) is 4. The van der Waals surface area contributed by atoms with Crippen molar-refractivity contribution in [3.8, 4) is 0 Å². The molecule has 0 aliphatic heterocycles. The fourth-order valence-corrected chi connectivity index (χ4v) is 3.25. The summed E-state index contributed by atoms with van der Waals surface area (Å²) in [5.74, 6) is -0.973. The number of allylic oxidation sites excluding steroid dienone is 2. The lowest BCUT2D eigenvalue weighted by Crippen LogP contribution is -2.26. The second-order valence-corrected chi connectivity index (χ2v) is 6.73. The van der Waals surface area contributed by atoms with Crippen LogP contribution >= 0.6 is 12.2 Å². The number of thiocarbonyl (C=S) groups is 1. The van der Waals surface area contributed by atoms with Gasteiger partial charge in [0, 0.05) is 14.1 Å². The minimum absolute atomic E-state index is 0.168. The fraction of sp³-hybridized carbons (Fsp3) is 0.400. The molecule has 1 aromatic carbocycles. The average molecular weight is 359 g/mol. The first-order chi connectivity index (χ1) is 12.0. The summed E-state index contributed by atoms with van der Waals surface area (Å²) in [6.07, 6.45) is 9.14. The number of nitrogens with zero attached hydrogens (tertiary/aromatic N) is 1. The molecule has 1 fully saturated rings. The molecule has 0 spiro atoms. The molecule has 25 heavy (non-hydrogen) atoms. The van der Waals surface area contributed by atoms with E-state index < -0.39 is 5.97 Å². The molecule has 0 atom stereocenters. The monoisotopic (exact) mass is 359 g/mol. The highest BCUT2D eigenvalue weighted by Gasteiger charge is 2.19. The molecule has 1 aromatic rings. The number of aliphatic carboxylic acids is 1. The standard InChI is InChI=1S/C20H25NO3S/c1-21(2)18(20(25)24-16-11-7-4-8-12-16)14-13-17(19(22)23)15-9-5-3-6-10-15/h3,5-6,9-10,13-14,16H,4,7-8,11-12H2,1-2H3,(H,22,23). The summed E-state index contributed by atoms with van der Waals surface area (Å²) in [5, 5.41) is 9.92. The Kier molecular flexibility index (Phi) is 7.19. The first-order valence-corrected chi connectivity index (χ1v) is 8.99. The van der Waals surface area contributed by atoms with E-state index in [0.717, 1.165) is 12.8 Å². The van der Waals surface area contributed by atoms with E-state index in [1.165, 1.54) is 19.3 Å². The second kappa shape index (κ2) is 9.37. The van der Waals surface area contributed by atoms with Gasteiger partial charge in [0.05, 0.1) is 17.4 Å². The smallest absolute Gasteiger partial charge is 0.336 e. The third-order valence-corrected chi connectivity index (χ3v) is 4.55. The van der Waals surface area contributed by atoms with E-state index >= 15 is 0 Å². The number of carbonyl (C=O) groups is 1. The van der Waals surface area contributed by atoms with E-state index in [2.05, 4.69) is 0 Å². The third-order valence-electron chi connectivity index (χ3n) is 4.24. The van der Waals surface area contributed by atoms with Gasteiger partial charge in [0.1, 0.15) is 0 Å². The van der Waals surface area contributed by atoms with E-state index in [1.807, 2.05) is 37.2 Å². The number of ether oxygens (including phenoxy) is 1. The van der Waals surface area contributed by atoms with Gasteiger partial charge in [0.25, 0.3) is 0 Å². The number of carboxylic acids is 1. The molecule has 134 valence electrons. The Morgan fingerprint density at radius 3 is 2.36 bits per heavy atom. The van der Waals surface area contributed by atoms with E-state index in [9.17, 15) is 9.90 Å². The van der Waals surface area contributed by atoms with Gasteiger partial charge in [0.15, 0.2) is 0 Å². The summed E-state index contributed by atoms with van der Waals surface area (Å²) in [7, 11) is 3.75. The zero-order chi connectivity index (χ0) is 18.2. The minimum Gasteiger partial charge on any atom is -0.479 e. The highest BCUT2D eigenvalue weighted by molar-refractivity contribution is 7.80. The van der Waals surface area contributed by atoms with Crippen molar-refractivity contribution in [3.63, 3.8) is 0 Å². The highest BCUT2D eigenvalue weighted by atomic mass is 32.1. The molecule has 2 rings (SSSR count). The van der Waals surface area contributed by atoms with Gasteiger partial charge < -0.3 is 14.7 Å². The number of likely N-dealkylation sites (N-methyl/N-ethyl adjacent to an activating group) is 1. The maximum atomic E-state index is 11.6. The molecule has 0 radical (unpaired) electrons. The van der Waals surface area contributed by atoms with Crippen molar-refractivity contribution >= 4 is 28.8 Å². The quantitative estimate of drug-likeness (QED) is 0.467. The van der Waals surface area contributed by atoms with Gasteiger partial charge in [-0.25, -0.2) is 4.79 Å². The van der Waals surface area contributed by atoms with Crippen LogP contribution in [0.5, 0.6) is 0 Å². The number of benzene rings is 1. The maximum Gasteiger partial charge on any atom is 0.336 e. The molecule has 1 aliphatic rings. The summed E-state index contributed by atoms with van der Waals surface area (Å²) >= 11 is 5.46. The molecule has 1 N–H and O–H groups in total. The summed E-state index contributed by atoms with van der Waals surface area (Å²) in [6, 6.07) is 9.05. The lowest BCUT2D eigenvalue weighted by Gasteiger charge is -2.26. The van der Waals surface area contributed by atoms with Gasteiger partial charge in [-0.3, -0.25) is 0 Å². The summed E-state index contributed by atoms with van der Waals surface area (Å²) in [4.78, 5) is 13.4. The Hall–Kier alpha value is -2.14. The normalized spacial score (nSPS) is 16.4. The second-order valence-electron chi connectivity index (χ2n) is 6.36. The minimum atomic E-state index is -0.973. The Morgan fingerprint density at radius 1 is 1.16 bits per heavy atom. The van der Waals surface area contributed by atoms with Crippen LogP contribution in [0.15, 0.2) is 48.2 Å². The molecule has 5 heteroatoms. The molecule has 0 heterocycles. The van der Waals surface area contributed by atoms with Gasteiger partial charge in [-0.05, 0) is 55.6 Å². The van der Waals surface area contributed by atoms with Crippen LogP contribution in [0.1, 0.15) is 37.7 Å². The Bertz CT molecular complexity index is 659. The highest BCUT2D eigenvalue weighted by Crippen LogP contribution is 2.22. The Morgan fingerprint density at radius 2 is 1.80 bits per heavy atom. The predicted octanol–water partition coefficient (Wildman–Crippen LogP) is 4.28. The fourth-order valence-electron chi connectivity index (χ4n) is 2.87. The van der Waals surface area contributed by atoms with Crippen molar-refractivity contribution in [1.82, 2.24) is 4.90 Å². The molecule has 0 bridgehead atoms. The van der Waals surface area contributed by atoms with Crippen LogP contribution in [0.3, 0.4) is 0 Å². The van der Waals surface area contributed by atoms with Gasteiger partial charge in [-0.15, -0.1) is 0 Å². The summed E-state index contributed by atoms with van der Waals surface area (Å²) in [5.41, 5.74) is 1.58. The van der Waals surface area contributed by atoms with E-state index in [4.69, 9.17) is 17.0 Å². The van der Waals surface area contributed by atoms with Gasteiger partial charge in [-0.1, -0.05) is 36.8 Å². The Labute approximate surface area is 154 Å². The maximum absolute atomic E-state index is 11.6. The molecule has 0 amide bonds. The zero-order valence-corrected chi connectivity index (χ0v) is 15.6. The van der Waals surface area contributed by atoms with Crippen LogP contribution in [-0.2, 0) is 9.53 Å². The largest absolute Gasteiger partial charge is 0.479 e. The molecular formula is C20H25NO3S. The van der Waals surface area contributed by atoms with Crippen molar-refractivity contribution in [3.05, 3.63) is 53.7 Å². The van der Waals surface area contributed by atoms with Crippen molar-refractivity contribution in [2.75, 3.05) is 14.1 Å². The van der Waals surface area contributed by atoms with E-state index in [0.29, 0.717) is 16.3 Å². The predicted molar refractivity (Wildman–Crippen MR) is 104 cm³/mol. The van der Waals surface area contributed by atoms with Crippen LogP contribution < -0.4 is 0 Å². The van der Waals surface area contributed by atoms with Crippen LogP contribution in [0.2, 0.25) is 0 Å². The first kappa shape index (κ1) is 19.2. The van der Waals surface area contributed by atoms with Gasteiger partial charge >= 0.3 is 5.97 Å². The first-order valence-electron chi connectivity index (χ1n) is 8.58. The Balaban J connectivity index is 2.21. The van der Waals surface area contributed by atoms with Crippen LogP contribution in [0.25, 0.3) is 5.57 Å². The van der Waals surface area contributed by atoms with Crippen molar-refractivity contribution in [2.24, 2.45) is 0 Å². The SMILES string of the molecule is CN(C)C(=CC=C(C(=O)O)c1ccccc1)C(=S)OC1CCCCC1. The molecule has 1 aliphatic carbocycles. The number of carboxylic acid groups (broad SMARTS) is 1. The van der Waals surface area contributed by atoms with E-state index in [1.54, 1.807) is 24.3 Å².